The van der Waals surface area contributed by atoms with Crippen LogP contribution in [0, 0.1) is 6.57 Å². The molecule has 0 amide bonds. The number of allylic oxidation sites excluding steroid dienone is 1. The van der Waals surface area contributed by atoms with E-state index in [2.05, 4.69) is 4.85 Å². The van der Waals surface area contributed by atoms with Gasteiger partial charge in [-0.25, -0.2) is 4.85 Å². The van der Waals surface area contributed by atoms with Crippen LogP contribution in [0.15, 0.2) is 11.8 Å². The lowest BCUT2D eigenvalue weighted by Gasteiger charge is -1.98. The number of hydrogen-bond acceptors (Lipinski definition) is 1. The van der Waals surface area contributed by atoms with Crippen LogP contribution in [0.2, 0.25) is 0 Å². The third-order valence-electron chi connectivity index (χ3n) is 0.981. The largest absolute Gasteiger partial charge is 0.394 e. The topological polar surface area (TPSA) is 24.6 Å². The van der Waals surface area contributed by atoms with Gasteiger partial charge in [0.15, 0.2) is 5.70 Å². The molecule has 9 heavy (non-hydrogen) atoms. The summed E-state index contributed by atoms with van der Waals surface area (Å²) in [5.74, 6) is 0. The number of aliphatic hydroxyl groups is 1. The minimum absolute atomic E-state index is 0.398. The first-order valence-electron chi connectivity index (χ1n) is 2.91. The van der Waals surface area contributed by atoms with E-state index in [1.807, 2.05) is 0 Å². The molecule has 0 aromatic heterocycles. The van der Waals surface area contributed by atoms with E-state index in [9.17, 15) is 0 Å². The number of rotatable bonds is 2. The lowest BCUT2D eigenvalue weighted by atomic mass is 10.2. The van der Waals surface area contributed by atoms with Crippen molar-refractivity contribution >= 4 is 0 Å². The van der Waals surface area contributed by atoms with E-state index in [1.165, 1.54) is 0 Å². The van der Waals surface area contributed by atoms with Crippen LogP contribution in [0.5, 0.6) is 0 Å². The first-order chi connectivity index (χ1) is 4.20. The third kappa shape index (κ3) is 3.75. The second-order valence-electron chi connectivity index (χ2n) is 1.94. The molecular formula is C7H11NO. The van der Waals surface area contributed by atoms with E-state index in [0.717, 1.165) is 0 Å². The maximum absolute atomic E-state index is 8.80. The fourth-order valence-corrected chi connectivity index (χ4v) is 0.531. The van der Waals surface area contributed by atoms with Crippen LogP contribution in [0.4, 0.5) is 0 Å². The normalized spacial score (nSPS) is 14.7. The predicted molar refractivity (Wildman–Crippen MR) is 36.7 cm³/mol. The summed E-state index contributed by atoms with van der Waals surface area (Å²) in [5.41, 5.74) is 0.630. The van der Waals surface area contributed by atoms with Crippen molar-refractivity contribution in [3.05, 3.63) is 23.2 Å². The lowest BCUT2D eigenvalue weighted by Crippen LogP contribution is -1.98. The van der Waals surface area contributed by atoms with Crippen molar-refractivity contribution in [1.29, 1.82) is 0 Å². The zero-order valence-electron chi connectivity index (χ0n) is 5.76. The number of aliphatic hydroxyl groups excluding tert-OH is 1. The lowest BCUT2D eigenvalue weighted by molar-refractivity contribution is 0.196. The van der Waals surface area contributed by atoms with Crippen molar-refractivity contribution in [3.8, 4) is 0 Å². The highest BCUT2D eigenvalue weighted by molar-refractivity contribution is 5.09. The van der Waals surface area contributed by atoms with E-state index in [4.69, 9.17) is 11.7 Å². The van der Waals surface area contributed by atoms with Crippen LogP contribution >= 0.6 is 0 Å². The molecule has 1 N–H and O–H groups in total. The summed E-state index contributed by atoms with van der Waals surface area (Å²) in [5, 5.41) is 8.80. The van der Waals surface area contributed by atoms with Gasteiger partial charge in [-0.1, -0.05) is 13.0 Å². The summed E-state index contributed by atoms with van der Waals surface area (Å²) in [7, 11) is 0. The average molecular weight is 125 g/mol. The highest BCUT2D eigenvalue weighted by atomic mass is 16.3. The molecule has 2 nitrogen and oxygen atoms in total. The van der Waals surface area contributed by atoms with Gasteiger partial charge in [-0.05, 0) is 6.92 Å². The maximum atomic E-state index is 8.80. The number of hydrogen-bond donors (Lipinski definition) is 1. The van der Waals surface area contributed by atoms with Gasteiger partial charge in [0.25, 0.3) is 0 Å². The highest BCUT2D eigenvalue weighted by Gasteiger charge is 1.98. The molecule has 1 atom stereocenters. The first-order valence-corrected chi connectivity index (χ1v) is 2.91. The molecule has 0 heterocycles. The van der Waals surface area contributed by atoms with Gasteiger partial charge in [0, 0.05) is 12.5 Å². The zero-order chi connectivity index (χ0) is 7.28. The molecule has 0 aromatic carbocycles. The molecule has 0 radical (unpaired) electrons. The molecule has 50 valence electrons. The van der Waals surface area contributed by atoms with Crippen LogP contribution in [0.1, 0.15) is 20.3 Å². The van der Waals surface area contributed by atoms with Crippen LogP contribution in [0.25, 0.3) is 4.85 Å². The Morgan fingerprint density at radius 1 is 1.89 bits per heavy atom. The number of nitrogens with zero attached hydrogens (tertiary/aromatic N) is 1. The summed E-state index contributed by atoms with van der Waals surface area (Å²) in [4.78, 5) is 3.20. The molecule has 2 heteroatoms. The fourth-order valence-electron chi connectivity index (χ4n) is 0.531. The minimum atomic E-state index is -0.398. The molecule has 1 unspecified atom stereocenters. The van der Waals surface area contributed by atoms with Gasteiger partial charge < -0.3 is 5.11 Å². The Morgan fingerprint density at radius 3 is 2.56 bits per heavy atom. The second-order valence-corrected chi connectivity index (χ2v) is 1.94. The van der Waals surface area contributed by atoms with E-state index >= 15 is 0 Å². The molecular weight excluding hydrogens is 114 g/mol. The van der Waals surface area contributed by atoms with Crippen LogP contribution in [-0.2, 0) is 0 Å². The van der Waals surface area contributed by atoms with E-state index in [-0.39, 0.29) is 0 Å². The van der Waals surface area contributed by atoms with Crippen molar-refractivity contribution in [1.82, 2.24) is 0 Å². The Hall–Kier alpha value is -0.810. The smallest absolute Gasteiger partial charge is 0.163 e. The molecule has 0 aliphatic heterocycles. The summed E-state index contributed by atoms with van der Waals surface area (Å²) in [6.45, 7) is 10.1. The predicted octanol–water partition coefficient (Wildman–Crippen LogP) is 1.58. The van der Waals surface area contributed by atoms with Gasteiger partial charge in [-0.3, -0.25) is 0 Å². The standard InChI is InChI=1S/C7H11NO/c1-4-7(8-3)5-6(2)9/h4,6,9H,5H2,1-2H3/b7-4-. The monoisotopic (exact) mass is 125 g/mol. The van der Waals surface area contributed by atoms with Gasteiger partial charge in [0.05, 0.1) is 6.57 Å². The molecule has 0 saturated heterocycles. The first kappa shape index (κ1) is 8.19. The summed E-state index contributed by atoms with van der Waals surface area (Å²) < 4.78 is 0. The fraction of sp³-hybridized carbons (Fsp3) is 0.571. The molecule has 0 saturated carbocycles. The van der Waals surface area contributed by atoms with Gasteiger partial charge in [-0.15, -0.1) is 0 Å². The highest BCUT2D eigenvalue weighted by Crippen LogP contribution is 2.05. The molecule has 0 aliphatic carbocycles. The molecule has 0 fully saturated rings. The molecule has 0 rings (SSSR count). The van der Waals surface area contributed by atoms with Gasteiger partial charge in [0.1, 0.15) is 0 Å². The summed E-state index contributed by atoms with van der Waals surface area (Å²) in [6.07, 6.45) is 1.80. The SMILES string of the molecule is [C-]#[N+]/C(=C\C)CC(C)O. The van der Waals surface area contributed by atoms with E-state index < -0.39 is 6.10 Å². The van der Waals surface area contributed by atoms with Gasteiger partial charge >= 0.3 is 0 Å². The second kappa shape index (κ2) is 4.11. The van der Waals surface area contributed by atoms with E-state index in [1.54, 1.807) is 19.9 Å². The Bertz CT molecular complexity index is 141. The van der Waals surface area contributed by atoms with Crippen LogP contribution in [0.3, 0.4) is 0 Å². The molecule has 0 aromatic rings. The molecule has 0 bridgehead atoms. The Morgan fingerprint density at radius 2 is 2.44 bits per heavy atom. The minimum Gasteiger partial charge on any atom is -0.394 e. The average Bonchev–Trinajstić information content (AvgIpc) is 1.82. The van der Waals surface area contributed by atoms with Crippen molar-refractivity contribution in [2.75, 3.05) is 0 Å². The van der Waals surface area contributed by atoms with Crippen molar-refractivity contribution in [3.63, 3.8) is 0 Å². The van der Waals surface area contributed by atoms with Crippen LogP contribution < -0.4 is 0 Å². The van der Waals surface area contributed by atoms with Crippen molar-refractivity contribution in [2.45, 2.75) is 26.4 Å². The quantitative estimate of drug-likeness (QED) is 0.557. The Balaban J connectivity index is 3.76. The maximum Gasteiger partial charge on any atom is 0.163 e. The Kier molecular flexibility index (Phi) is 3.74. The molecule has 0 aliphatic rings. The van der Waals surface area contributed by atoms with E-state index in [0.29, 0.717) is 12.1 Å². The Labute approximate surface area is 55.6 Å². The van der Waals surface area contributed by atoms with Gasteiger partial charge in [0.2, 0.25) is 0 Å². The zero-order valence-corrected chi connectivity index (χ0v) is 5.76. The molecule has 0 spiro atoms. The third-order valence-corrected chi connectivity index (χ3v) is 0.981. The van der Waals surface area contributed by atoms with Crippen LogP contribution in [-0.4, -0.2) is 11.2 Å². The van der Waals surface area contributed by atoms with Crippen molar-refractivity contribution in [2.24, 2.45) is 0 Å². The summed E-state index contributed by atoms with van der Waals surface area (Å²) in [6, 6.07) is 0. The summed E-state index contributed by atoms with van der Waals surface area (Å²) >= 11 is 0. The van der Waals surface area contributed by atoms with Crippen molar-refractivity contribution < 1.29 is 5.11 Å². The van der Waals surface area contributed by atoms with Gasteiger partial charge in [-0.2, -0.15) is 0 Å².